The Balaban J connectivity index is 1.97. The van der Waals surface area contributed by atoms with Gasteiger partial charge in [0.1, 0.15) is 0 Å². The molecule has 1 amide bonds. The molecule has 0 aromatic carbocycles. The fourth-order valence-electron chi connectivity index (χ4n) is 3.32. The van der Waals surface area contributed by atoms with Gasteiger partial charge in [-0.25, -0.2) is 0 Å². The maximum atomic E-state index is 12.3. The molecule has 2 aliphatic rings. The standard InChI is InChI=1S/C15H29N3O/c1-11(2)14-16-13(4)15(19)18(14)10-12(3)17-8-6-5-7-9-17/h11-14,16H,5-10H2,1-4H3. The number of amides is 1. The fourth-order valence-corrected chi connectivity index (χ4v) is 3.32. The van der Waals surface area contributed by atoms with Crippen LogP contribution in [0.3, 0.4) is 0 Å². The van der Waals surface area contributed by atoms with Gasteiger partial charge in [0.2, 0.25) is 5.91 Å². The van der Waals surface area contributed by atoms with Gasteiger partial charge in [-0.15, -0.1) is 0 Å². The summed E-state index contributed by atoms with van der Waals surface area (Å²) in [4.78, 5) is 16.9. The van der Waals surface area contributed by atoms with Crippen molar-refractivity contribution in [3.8, 4) is 0 Å². The van der Waals surface area contributed by atoms with Gasteiger partial charge in [-0.05, 0) is 45.7 Å². The molecule has 0 spiro atoms. The van der Waals surface area contributed by atoms with Crippen LogP contribution in [-0.4, -0.2) is 53.6 Å². The maximum absolute atomic E-state index is 12.3. The Labute approximate surface area is 117 Å². The van der Waals surface area contributed by atoms with Crippen LogP contribution in [0.15, 0.2) is 0 Å². The van der Waals surface area contributed by atoms with Crippen LogP contribution in [0.5, 0.6) is 0 Å². The number of likely N-dealkylation sites (tertiary alicyclic amines) is 1. The van der Waals surface area contributed by atoms with E-state index < -0.39 is 0 Å². The number of nitrogens with zero attached hydrogens (tertiary/aromatic N) is 2. The molecule has 2 heterocycles. The van der Waals surface area contributed by atoms with E-state index in [1.807, 2.05) is 6.92 Å². The van der Waals surface area contributed by atoms with Gasteiger partial charge in [-0.1, -0.05) is 20.3 Å². The molecule has 3 unspecified atom stereocenters. The highest BCUT2D eigenvalue weighted by atomic mass is 16.2. The Bertz CT molecular complexity index is 313. The van der Waals surface area contributed by atoms with Gasteiger partial charge in [0, 0.05) is 12.6 Å². The summed E-state index contributed by atoms with van der Waals surface area (Å²) in [5.74, 6) is 0.727. The molecule has 0 radical (unpaired) electrons. The van der Waals surface area contributed by atoms with Gasteiger partial charge in [-0.3, -0.25) is 15.0 Å². The van der Waals surface area contributed by atoms with Crippen LogP contribution in [0.25, 0.3) is 0 Å². The summed E-state index contributed by atoms with van der Waals surface area (Å²) >= 11 is 0. The average molecular weight is 267 g/mol. The fraction of sp³-hybridized carbons (Fsp3) is 0.933. The largest absolute Gasteiger partial charge is 0.324 e. The van der Waals surface area contributed by atoms with Crippen molar-refractivity contribution in [1.82, 2.24) is 15.1 Å². The molecule has 0 saturated carbocycles. The zero-order chi connectivity index (χ0) is 14.0. The lowest BCUT2D eigenvalue weighted by atomic mass is 10.1. The first kappa shape index (κ1) is 14.8. The number of hydrogen-bond donors (Lipinski definition) is 1. The number of carbonyl (C=O) groups is 1. The molecule has 1 N–H and O–H groups in total. The summed E-state index contributed by atoms with van der Waals surface area (Å²) in [6.07, 6.45) is 4.18. The summed E-state index contributed by atoms with van der Waals surface area (Å²) in [5.41, 5.74) is 0. The van der Waals surface area contributed by atoms with Gasteiger partial charge in [-0.2, -0.15) is 0 Å². The summed E-state index contributed by atoms with van der Waals surface area (Å²) in [7, 11) is 0. The van der Waals surface area contributed by atoms with Crippen molar-refractivity contribution in [3.05, 3.63) is 0 Å². The van der Waals surface area contributed by atoms with E-state index in [1.165, 1.54) is 32.4 Å². The van der Waals surface area contributed by atoms with Gasteiger partial charge >= 0.3 is 0 Å². The van der Waals surface area contributed by atoms with Gasteiger partial charge < -0.3 is 4.90 Å². The molecule has 0 aromatic rings. The van der Waals surface area contributed by atoms with E-state index in [0.29, 0.717) is 12.0 Å². The average Bonchev–Trinajstić information content (AvgIpc) is 2.68. The van der Waals surface area contributed by atoms with Crippen molar-refractivity contribution in [1.29, 1.82) is 0 Å². The lowest BCUT2D eigenvalue weighted by Crippen LogP contribution is -2.49. The molecular weight excluding hydrogens is 238 g/mol. The first-order valence-corrected chi connectivity index (χ1v) is 7.81. The second kappa shape index (κ2) is 6.23. The second-order valence-electron chi connectivity index (χ2n) is 6.51. The van der Waals surface area contributed by atoms with E-state index in [0.717, 1.165) is 6.54 Å². The number of piperidine rings is 1. The number of hydrogen-bond acceptors (Lipinski definition) is 3. The number of carbonyl (C=O) groups excluding carboxylic acids is 1. The topological polar surface area (TPSA) is 35.6 Å². The molecular formula is C15H29N3O. The van der Waals surface area contributed by atoms with Crippen molar-refractivity contribution in [3.63, 3.8) is 0 Å². The third-order valence-electron chi connectivity index (χ3n) is 4.52. The third-order valence-corrected chi connectivity index (χ3v) is 4.52. The van der Waals surface area contributed by atoms with E-state index in [-0.39, 0.29) is 18.1 Å². The highest BCUT2D eigenvalue weighted by Gasteiger charge is 2.38. The predicted octanol–water partition coefficient (Wildman–Crippen LogP) is 1.66. The lowest BCUT2D eigenvalue weighted by Gasteiger charge is -2.36. The van der Waals surface area contributed by atoms with Crippen LogP contribution < -0.4 is 5.32 Å². The summed E-state index contributed by atoms with van der Waals surface area (Å²) < 4.78 is 0. The summed E-state index contributed by atoms with van der Waals surface area (Å²) in [5, 5.41) is 3.42. The summed E-state index contributed by atoms with van der Waals surface area (Å²) in [6.45, 7) is 11.8. The van der Waals surface area contributed by atoms with Crippen LogP contribution in [0.2, 0.25) is 0 Å². The number of nitrogens with one attached hydrogen (secondary N) is 1. The Morgan fingerprint density at radius 1 is 1.21 bits per heavy atom. The SMILES string of the molecule is CC1NC(C(C)C)N(CC(C)N2CCCCC2)C1=O. The Morgan fingerprint density at radius 3 is 2.42 bits per heavy atom. The maximum Gasteiger partial charge on any atom is 0.240 e. The van der Waals surface area contributed by atoms with E-state index in [4.69, 9.17) is 0 Å². The molecule has 110 valence electrons. The quantitative estimate of drug-likeness (QED) is 0.841. The van der Waals surface area contributed by atoms with E-state index >= 15 is 0 Å². The van der Waals surface area contributed by atoms with Gasteiger partial charge in [0.05, 0.1) is 12.2 Å². The molecule has 2 fully saturated rings. The lowest BCUT2D eigenvalue weighted by molar-refractivity contribution is -0.131. The molecule has 0 aromatic heterocycles. The predicted molar refractivity (Wildman–Crippen MR) is 77.8 cm³/mol. The Morgan fingerprint density at radius 2 is 1.84 bits per heavy atom. The van der Waals surface area contributed by atoms with Gasteiger partial charge in [0.15, 0.2) is 0 Å². The summed E-state index contributed by atoms with van der Waals surface area (Å²) in [6, 6.07) is 0.443. The second-order valence-corrected chi connectivity index (χ2v) is 6.51. The Hall–Kier alpha value is -0.610. The van der Waals surface area contributed by atoms with Crippen molar-refractivity contribution < 1.29 is 4.79 Å². The first-order chi connectivity index (χ1) is 9.00. The van der Waals surface area contributed by atoms with Crippen molar-refractivity contribution >= 4 is 5.91 Å². The molecule has 2 rings (SSSR count). The van der Waals surface area contributed by atoms with E-state index in [2.05, 4.69) is 35.9 Å². The normalized spacial score (nSPS) is 31.2. The van der Waals surface area contributed by atoms with E-state index in [1.54, 1.807) is 0 Å². The van der Waals surface area contributed by atoms with Crippen molar-refractivity contribution in [2.75, 3.05) is 19.6 Å². The number of rotatable bonds is 4. The molecule has 4 heteroatoms. The molecule has 4 nitrogen and oxygen atoms in total. The molecule has 3 atom stereocenters. The smallest absolute Gasteiger partial charge is 0.240 e. The highest BCUT2D eigenvalue weighted by molar-refractivity contribution is 5.84. The van der Waals surface area contributed by atoms with Crippen LogP contribution in [-0.2, 0) is 4.79 Å². The molecule has 0 aliphatic carbocycles. The van der Waals surface area contributed by atoms with Crippen molar-refractivity contribution in [2.45, 2.75) is 65.2 Å². The first-order valence-electron chi connectivity index (χ1n) is 7.81. The molecule has 19 heavy (non-hydrogen) atoms. The molecule has 2 aliphatic heterocycles. The highest BCUT2D eigenvalue weighted by Crippen LogP contribution is 2.20. The van der Waals surface area contributed by atoms with Crippen LogP contribution in [0, 0.1) is 5.92 Å². The minimum atomic E-state index is -0.0269. The minimum absolute atomic E-state index is 0.0269. The monoisotopic (exact) mass is 267 g/mol. The third kappa shape index (κ3) is 3.29. The van der Waals surface area contributed by atoms with E-state index in [9.17, 15) is 4.79 Å². The van der Waals surface area contributed by atoms with Gasteiger partial charge in [0.25, 0.3) is 0 Å². The molecule has 2 saturated heterocycles. The minimum Gasteiger partial charge on any atom is -0.324 e. The molecule has 0 bridgehead atoms. The van der Waals surface area contributed by atoms with Crippen LogP contribution >= 0.6 is 0 Å². The zero-order valence-corrected chi connectivity index (χ0v) is 12.9. The van der Waals surface area contributed by atoms with Crippen LogP contribution in [0.4, 0.5) is 0 Å². The Kier molecular flexibility index (Phi) is 4.85. The zero-order valence-electron chi connectivity index (χ0n) is 12.9. The van der Waals surface area contributed by atoms with Crippen LogP contribution in [0.1, 0.15) is 47.0 Å². The van der Waals surface area contributed by atoms with Crippen molar-refractivity contribution in [2.24, 2.45) is 5.92 Å².